The van der Waals surface area contributed by atoms with Crippen LogP contribution in [-0.2, 0) is 9.59 Å². The molecule has 0 aromatic heterocycles. The van der Waals surface area contributed by atoms with Crippen molar-refractivity contribution in [2.45, 2.75) is 51.9 Å². The van der Waals surface area contributed by atoms with Crippen LogP contribution in [0.25, 0.3) is 0 Å². The van der Waals surface area contributed by atoms with Gasteiger partial charge in [0.25, 0.3) is 0 Å². The van der Waals surface area contributed by atoms with Gasteiger partial charge in [0.05, 0.1) is 0 Å². The lowest BCUT2D eigenvalue weighted by atomic mass is 9.58. The lowest BCUT2D eigenvalue weighted by Gasteiger charge is -2.45. The van der Waals surface area contributed by atoms with Crippen molar-refractivity contribution < 1.29 is 9.59 Å². The third-order valence-electron chi connectivity index (χ3n) is 5.45. The zero-order valence-electron chi connectivity index (χ0n) is 10.5. The number of rotatable bonds is 1. The summed E-state index contributed by atoms with van der Waals surface area (Å²) in [7, 11) is 0. The van der Waals surface area contributed by atoms with Crippen molar-refractivity contribution in [2.24, 2.45) is 17.3 Å². The Morgan fingerprint density at radius 2 is 2.06 bits per heavy atom. The molecule has 0 radical (unpaired) electrons. The van der Waals surface area contributed by atoms with Gasteiger partial charge in [0, 0.05) is 18.3 Å². The Hall–Kier alpha value is -0.920. The minimum Gasteiger partial charge on any atom is -0.299 e. The predicted molar refractivity (Wildman–Crippen MR) is 65.5 cm³/mol. The maximum Gasteiger partial charge on any atom is 0.155 e. The highest BCUT2D eigenvalue weighted by molar-refractivity contribution is 5.92. The van der Waals surface area contributed by atoms with E-state index in [1.54, 1.807) is 0 Å². The average molecular weight is 232 g/mol. The smallest absolute Gasteiger partial charge is 0.155 e. The van der Waals surface area contributed by atoms with Gasteiger partial charge in [0.2, 0.25) is 0 Å². The van der Waals surface area contributed by atoms with E-state index >= 15 is 0 Å². The summed E-state index contributed by atoms with van der Waals surface area (Å²) in [5.41, 5.74) is 1.33. The number of carbonyl (C=O) groups is 2. The van der Waals surface area contributed by atoms with Crippen molar-refractivity contribution in [3.8, 4) is 0 Å². The van der Waals surface area contributed by atoms with Crippen LogP contribution in [0, 0.1) is 17.3 Å². The van der Waals surface area contributed by atoms with Crippen LogP contribution in [0.1, 0.15) is 51.9 Å². The Bertz CT molecular complexity index is 407. The Morgan fingerprint density at radius 3 is 2.82 bits per heavy atom. The van der Waals surface area contributed by atoms with Gasteiger partial charge >= 0.3 is 0 Å². The molecule has 2 heteroatoms. The molecule has 1 unspecified atom stereocenters. The lowest BCUT2D eigenvalue weighted by Crippen LogP contribution is -2.41. The van der Waals surface area contributed by atoms with Crippen molar-refractivity contribution >= 4 is 11.6 Å². The van der Waals surface area contributed by atoms with Crippen molar-refractivity contribution in [2.75, 3.05) is 0 Å². The fourth-order valence-electron chi connectivity index (χ4n) is 4.52. The van der Waals surface area contributed by atoms with Gasteiger partial charge in [-0.1, -0.05) is 12.5 Å². The first-order valence-electron chi connectivity index (χ1n) is 6.94. The summed E-state index contributed by atoms with van der Waals surface area (Å²) in [4.78, 5) is 23.7. The summed E-state index contributed by atoms with van der Waals surface area (Å²) >= 11 is 0. The second-order valence-corrected chi connectivity index (χ2v) is 5.91. The highest BCUT2D eigenvalue weighted by atomic mass is 16.1. The second kappa shape index (κ2) is 3.79. The summed E-state index contributed by atoms with van der Waals surface area (Å²) in [6, 6.07) is 0. The zero-order chi connectivity index (χ0) is 12.0. The number of hydrogen-bond acceptors (Lipinski definition) is 2. The summed E-state index contributed by atoms with van der Waals surface area (Å²) in [5.74, 6) is 1.87. The maximum atomic E-state index is 12.2. The quantitative estimate of drug-likeness (QED) is 0.696. The summed E-state index contributed by atoms with van der Waals surface area (Å²) in [5, 5.41) is 0. The Morgan fingerprint density at radius 1 is 1.24 bits per heavy atom. The number of carbonyl (C=O) groups excluding carboxylic acids is 2. The third-order valence-corrected chi connectivity index (χ3v) is 5.45. The van der Waals surface area contributed by atoms with Gasteiger partial charge in [-0.2, -0.15) is 0 Å². The molecule has 0 aromatic rings. The summed E-state index contributed by atoms with van der Waals surface area (Å²) in [6.45, 7) is 2.17. The van der Waals surface area contributed by atoms with E-state index in [0.29, 0.717) is 29.8 Å². The predicted octanol–water partition coefficient (Wildman–Crippen LogP) is 3.06. The second-order valence-electron chi connectivity index (χ2n) is 5.91. The van der Waals surface area contributed by atoms with Gasteiger partial charge in [-0.15, -0.1) is 0 Å². The van der Waals surface area contributed by atoms with Gasteiger partial charge in [0.15, 0.2) is 5.78 Å². The van der Waals surface area contributed by atoms with Crippen LogP contribution < -0.4 is 0 Å². The van der Waals surface area contributed by atoms with Crippen LogP contribution in [-0.4, -0.2) is 11.6 Å². The first-order valence-corrected chi connectivity index (χ1v) is 6.94. The SMILES string of the molecule is CC[C@]12CCC3=CC(=O)CCC3[C@@H]1CCC2=O. The minimum atomic E-state index is -0.0254. The van der Waals surface area contributed by atoms with Crippen LogP contribution in [0.4, 0.5) is 0 Å². The molecule has 17 heavy (non-hydrogen) atoms. The number of ketones is 2. The van der Waals surface area contributed by atoms with Crippen molar-refractivity contribution in [1.29, 1.82) is 0 Å². The van der Waals surface area contributed by atoms with E-state index in [9.17, 15) is 9.59 Å². The van der Waals surface area contributed by atoms with Crippen molar-refractivity contribution in [3.63, 3.8) is 0 Å². The molecule has 0 amide bonds. The Balaban J connectivity index is 1.97. The molecule has 3 rings (SSSR count). The number of allylic oxidation sites excluding steroid dienone is 2. The Kier molecular flexibility index (Phi) is 2.49. The van der Waals surface area contributed by atoms with Crippen molar-refractivity contribution in [1.82, 2.24) is 0 Å². The topological polar surface area (TPSA) is 34.1 Å². The van der Waals surface area contributed by atoms with Gasteiger partial charge in [-0.3, -0.25) is 9.59 Å². The van der Waals surface area contributed by atoms with E-state index in [0.717, 1.165) is 38.5 Å². The molecule has 0 aromatic carbocycles. The fraction of sp³-hybridized carbons (Fsp3) is 0.733. The average Bonchev–Trinajstić information content (AvgIpc) is 2.67. The monoisotopic (exact) mass is 232 g/mol. The zero-order valence-corrected chi connectivity index (χ0v) is 10.5. The lowest BCUT2D eigenvalue weighted by molar-refractivity contribution is -0.129. The van der Waals surface area contributed by atoms with Gasteiger partial charge < -0.3 is 0 Å². The van der Waals surface area contributed by atoms with Gasteiger partial charge in [0.1, 0.15) is 5.78 Å². The molecule has 2 nitrogen and oxygen atoms in total. The summed E-state index contributed by atoms with van der Waals surface area (Å²) in [6.07, 6.45) is 8.36. The molecule has 3 aliphatic rings. The molecule has 0 spiro atoms. The molecule has 0 N–H and O–H groups in total. The van der Waals surface area contributed by atoms with E-state index in [2.05, 4.69) is 6.92 Å². The van der Waals surface area contributed by atoms with Crippen LogP contribution in [0.5, 0.6) is 0 Å². The molecule has 0 bridgehead atoms. The van der Waals surface area contributed by atoms with E-state index in [-0.39, 0.29) is 5.41 Å². The van der Waals surface area contributed by atoms with Gasteiger partial charge in [-0.05, 0) is 50.0 Å². The van der Waals surface area contributed by atoms with E-state index in [1.807, 2.05) is 6.08 Å². The standard InChI is InChI=1S/C15H20O2/c1-2-15-8-7-10-9-11(16)3-4-12(10)13(15)5-6-14(15)17/h9,12-13H,2-8H2,1H3/t12?,13-,15-/m0/s1. The highest BCUT2D eigenvalue weighted by Crippen LogP contribution is 2.57. The molecule has 2 fully saturated rings. The number of fused-ring (bicyclic) bond motifs is 3. The largest absolute Gasteiger partial charge is 0.299 e. The molecular weight excluding hydrogens is 212 g/mol. The molecular formula is C15H20O2. The van der Waals surface area contributed by atoms with Gasteiger partial charge in [-0.25, -0.2) is 0 Å². The molecule has 2 saturated carbocycles. The first kappa shape index (κ1) is 11.2. The van der Waals surface area contributed by atoms with Crippen LogP contribution >= 0.6 is 0 Å². The molecule has 3 aliphatic carbocycles. The first-order chi connectivity index (χ1) is 8.17. The molecule has 0 aliphatic heterocycles. The van der Waals surface area contributed by atoms with Crippen molar-refractivity contribution in [3.05, 3.63) is 11.6 Å². The number of Topliss-reactive ketones (excluding diaryl/α,β-unsaturated/α-hetero) is 1. The highest BCUT2D eigenvalue weighted by Gasteiger charge is 2.54. The summed E-state index contributed by atoms with van der Waals surface area (Å²) < 4.78 is 0. The molecule has 3 atom stereocenters. The maximum absolute atomic E-state index is 12.2. The number of hydrogen-bond donors (Lipinski definition) is 0. The van der Waals surface area contributed by atoms with E-state index < -0.39 is 0 Å². The van der Waals surface area contributed by atoms with Crippen LogP contribution in [0.2, 0.25) is 0 Å². The minimum absolute atomic E-state index is 0.0254. The fourth-order valence-corrected chi connectivity index (χ4v) is 4.52. The van der Waals surface area contributed by atoms with Crippen LogP contribution in [0.3, 0.4) is 0 Å². The molecule has 0 heterocycles. The normalized spacial score (nSPS) is 40.9. The van der Waals surface area contributed by atoms with E-state index in [1.165, 1.54) is 5.57 Å². The third kappa shape index (κ3) is 1.46. The Labute approximate surface area is 102 Å². The van der Waals surface area contributed by atoms with Crippen LogP contribution in [0.15, 0.2) is 11.6 Å². The molecule has 0 saturated heterocycles. The molecule has 92 valence electrons. The van der Waals surface area contributed by atoms with E-state index in [4.69, 9.17) is 0 Å².